The maximum Gasteiger partial charge on any atom is 0.236 e. The van der Waals surface area contributed by atoms with Gasteiger partial charge in [0.25, 0.3) is 0 Å². The summed E-state index contributed by atoms with van der Waals surface area (Å²) in [4.78, 5) is 0. The summed E-state index contributed by atoms with van der Waals surface area (Å²) in [6, 6.07) is 5.94. The van der Waals surface area contributed by atoms with Gasteiger partial charge in [-0.05, 0) is 18.1 Å². The molecule has 1 aromatic heterocycles. The molecular formula is C14H12BrNOS. The predicted molar refractivity (Wildman–Crippen MR) is 69.9 cm³/mol. The molecule has 92 valence electrons. The van der Waals surface area contributed by atoms with Gasteiger partial charge in [-0.2, -0.15) is 4.57 Å². The average molecular weight is 322 g/mol. The first-order valence-electron chi connectivity index (χ1n) is 5.19. The molecule has 2 rings (SSSR count). The molecule has 18 heavy (non-hydrogen) atoms. The van der Waals surface area contributed by atoms with Crippen LogP contribution in [0.4, 0.5) is 0 Å². The fourth-order valence-electron chi connectivity index (χ4n) is 1.68. The summed E-state index contributed by atoms with van der Waals surface area (Å²) in [6.45, 7) is 2.91. The smallest absolute Gasteiger partial charge is 0.236 e. The zero-order valence-corrected chi connectivity index (χ0v) is 12.3. The number of terminal acetylenes is 2. The van der Waals surface area contributed by atoms with Crippen LogP contribution < -0.4 is 26.3 Å². The lowest BCUT2D eigenvalue weighted by Gasteiger charge is -2.00. The standard InChI is InChI=1S/C14H12NOS.BrH/c1-4-8-15-11(3)17-14-7-6-12(10-13(14)15)16-9-5-2;/h1-2,6-7,10H,8-9H2,3H3;1H/q+1;/p-1. The van der Waals surface area contributed by atoms with Gasteiger partial charge in [-0.1, -0.05) is 17.3 Å². The lowest BCUT2D eigenvalue weighted by atomic mass is 10.3. The topological polar surface area (TPSA) is 13.1 Å². The van der Waals surface area contributed by atoms with E-state index in [4.69, 9.17) is 17.6 Å². The zero-order valence-electron chi connectivity index (χ0n) is 9.94. The molecule has 0 aliphatic rings. The maximum atomic E-state index is 5.41. The number of aromatic nitrogens is 1. The van der Waals surface area contributed by atoms with E-state index >= 15 is 0 Å². The van der Waals surface area contributed by atoms with Crippen molar-refractivity contribution in [2.45, 2.75) is 13.5 Å². The second kappa shape index (κ2) is 6.44. The van der Waals surface area contributed by atoms with Crippen molar-refractivity contribution < 1.29 is 26.3 Å². The Balaban J connectivity index is 0.00000162. The van der Waals surface area contributed by atoms with Crippen LogP contribution in [0.25, 0.3) is 10.2 Å². The number of ether oxygens (including phenoxy) is 1. The van der Waals surface area contributed by atoms with Crippen molar-refractivity contribution in [1.29, 1.82) is 0 Å². The van der Waals surface area contributed by atoms with Gasteiger partial charge in [0.2, 0.25) is 17.1 Å². The van der Waals surface area contributed by atoms with E-state index in [0.29, 0.717) is 6.54 Å². The Hall–Kier alpha value is -1.49. The molecule has 0 aliphatic carbocycles. The van der Waals surface area contributed by atoms with Gasteiger partial charge >= 0.3 is 0 Å². The van der Waals surface area contributed by atoms with Crippen LogP contribution in [0.2, 0.25) is 0 Å². The summed E-state index contributed by atoms with van der Waals surface area (Å²) in [5.74, 6) is 5.89. The fraction of sp³-hybridized carbons (Fsp3) is 0.214. The average Bonchev–Trinajstić information content (AvgIpc) is 2.64. The first-order valence-corrected chi connectivity index (χ1v) is 6.00. The molecule has 0 N–H and O–H groups in total. The van der Waals surface area contributed by atoms with Gasteiger partial charge in [-0.15, -0.1) is 12.8 Å². The Morgan fingerprint density at radius 3 is 2.78 bits per heavy atom. The molecule has 4 heteroatoms. The van der Waals surface area contributed by atoms with Gasteiger partial charge in [0.1, 0.15) is 17.1 Å². The first-order chi connectivity index (χ1) is 8.26. The lowest BCUT2D eigenvalue weighted by molar-refractivity contribution is -0.660. The number of aryl methyl sites for hydroxylation is 1. The van der Waals surface area contributed by atoms with E-state index in [-0.39, 0.29) is 23.6 Å². The molecular weight excluding hydrogens is 310 g/mol. The largest absolute Gasteiger partial charge is 1.00 e. The van der Waals surface area contributed by atoms with E-state index in [9.17, 15) is 0 Å². The van der Waals surface area contributed by atoms with Crippen molar-refractivity contribution in [3.05, 3.63) is 23.2 Å². The van der Waals surface area contributed by atoms with Crippen LogP contribution in [-0.2, 0) is 6.54 Å². The third kappa shape index (κ3) is 2.85. The normalized spacial score (nSPS) is 9.28. The molecule has 0 radical (unpaired) electrons. The van der Waals surface area contributed by atoms with Crippen LogP contribution in [0.3, 0.4) is 0 Å². The maximum absolute atomic E-state index is 5.41. The minimum absolute atomic E-state index is 0. The van der Waals surface area contributed by atoms with Gasteiger partial charge < -0.3 is 21.7 Å². The Morgan fingerprint density at radius 2 is 2.11 bits per heavy atom. The summed E-state index contributed by atoms with van der Waals surface area (Å²) in [5, 5.41) is 1.19. The summed E-state index contributed by atoms with van der Waals surface area (Å²) in [6.07, 6.45) is 10.5. The van der Waals surface area contributed by atoms with Crippen molar-refractivity contribution >= 4 is 21.6 Å². The number of halogens is 1. The van der Waals surface area contributed by atoms with E-state index in [0.717, 1.165) is 11.3 Å². The van der Waals surface area contributed by atoms with Crippen LogP contribution in [0.1, 0.15) is 5.01 Å². The van der Waals surface area contributed by atoms with Crippen molar-refractivity contribution in [3.63, 3.8) is 0 Å². The molecule has 2 aromatic rings. The van der Waals surface area contributed by atoms with Gasteiger partial charge in [0, 0.05) is 6.92 Å². The molecule has 2 nitrogen and oxygen atoms in total. The molecule has 0 saturated carbocycles. The number of hydrogen-bond donors (Lipinski definition) is 0. The van der Waals surface area contributed by atoms with Crippen molar-refractivity contribution in [2.75, 3.05) is 6.61 Å². The molecule has 0 bridgehead atoms. The second-order valence-electron chi connectivity index (χ2n) is 3.53. The number of rotatable bonds is 3. The highest BCUT2D eigenvalue weighted by atomic mass is 79.9. The number of benzene rings is 1. The summed E-state index contributed by atoms with van der Waals surface area (Å²) < 4.78 is 8.71. The summed E-state index contributed by atoms with van der Waals surface area (Å²) >= 11 is 1.72. The second-order valence-corrected chi connectivity index (χ2v) is 4.77. The Kier molecular flexibility index (Phi) is 5.22. The lowest BCUT2D eigenvalue weighted by Crippen LogP contribution is -3.00. The van der Waals surface area contributed by atoms with Crippen molar-refractivity contribution in [2.24, 2.45) is 0 Å². The highest BCUT2D eigenvalue weighted by Crippen LogP contribution is 2.24. The van der Waals surface area contributed by atoms with E-state index in [1.165, 1.54) is 9.71 Å². The molecule has 0 unspecified atom stereocenters. The van der Waals surface area contributed by atoms with Gasteiger partial charge in [0.05, 0.1) is 6.07 Å². The molecule has 0 amide bonds. The fourth-order valence-corrected chi connectivity index (χ4v) is 2.68. The third-order valence-corrected chi connectivity index (χ3v) is 3.51. The Labute approximate surface area is 121 Å². The van der Waals surface area contributed by atoms with Crippen LogP contribution in [-0.4, -0.2) is 6.61 Å². The summed E-state index contributed by atoms with van der Waals surface area (Å²) in [7, 11) is 0. The van der Waals surface area contributed by atoms with Gasteiger partial charge in [-0.25, -0.2) is 0 Å². The van der Waals surface area contributed by atoms with Crippen molar-refractivity contribution in [3.8, 4) is 30.4 Å². The number of thiazole rings is 1. The molecule has 0 saturated heterocycles. The molecule has 1 heterocycles. The number of nitrogens with zero attached hydrogens (tertiary/aromatic N) is 1. The third-order valence-electron chi connectivity index (χ3n) is 2.43. The Bertz CT molecular complexity index is 634. The highest BCUT2D eigenvalue weighted by Gasteiger charge is 2.16. The SMILES string of the molecule is C#CCOc1ccc2sc(C)[n+](CC#C)c2c1.[Br-]. The number of hydrogen-bond acceptors (Lipinski definition) is 2. The van der Waals surface area contributed by atoms with E-state index in [1.54, 1.807) is 11.3 Å². The van der Waals surface area contributed by atoms with Gasteiger partial charge in [0.15, 0.2) is 0 Å². The van der Waals surface area contributed by atoms with Crippen LogP contribution in [0.15, 0.2) is 18.2 Å². The van der Waals surface area contributed by atoms with Crippen LogP contribution in [0, 0.1) is 31.6 Å². The van der Waals surface area contributed by atoms with E-state index in [2.05, 4.69) is 23.3 Å². The molecule has 0 fully saturated rings. The monoisotopic (exact) mass is 321 g/mol. The van der Waals surface area contributed by atoms with Gasteiger partial charge in [-0.3, -0.25) is 0 Å². The first kappa shape index (κ1) is 14.6. The molecule has 0 aliphatic heterocycles. The highest BCUT2D eigenvalue weighted by molar-refractivity contribution is 7.18. The summed E-state index contributed by atoms with van der Waals surface area (Å²) in [5.41, 5.74) is 1.10. The predicted octanol–water partition coefficient (Wildman–Crippen LogP) is -0.854. The Morgan fingerprint density at radius 1 is 1.33 bits per heavy atom. The van der Waals surface area contributed by atoms with E-state index < -0.39 is 0 Å². The quantitative estimate of drug-likeness (QED) is 0.530. The minimum Gasteiger partial charge on any atom is -1.00 e. The zero-order chi connectivity index (χ0) is 12.3. The van der Waals surface area contributed by atoms with Crippen LogP contribution in [0.5, 0.6) is 5.75 Å². The minimum atomic E-state index is 0. The number of fused-ring (bicyclic) bond motifs is 1. The van der Waals surface area contributed by atoms with Crippen LogP contribution >= 0.6 is 11.3 Å². The molecule has 1 aromatic carbocycles. The van der Waals surface area contributed by atoms with Crippen molar-refractivity contribution in [1.82, 2.24) is 0 Å². The molecule has 0 atom stereocenters. The van der Waals surface area contributed by atoms with E-state index in [1.807, 2.05) is 18.2 Å². The molecule has 0 spiro atoms.